The Morgan fingerprint density at radius 1 is 1.53 bits per heavy atom. The van der Waals surface area contributed by atoms with Crippen LogP contribution in [0.15, 0.2) is 36.2 Å². The molecule has 0 saturated heterocycles. The van der Waals surface area contributed by atoms with Crippen molar-refractivity contribution in [1.29, 1.82) is 0 Å². The van der Waals surface area contributed by atoms with Crippen LogP contribution in [0.25, 0.3) is 0 Å². The van der Waals surface area contributed by atoms with E-state index in [2.05, 4.69) is 36.0 Å². The summed E-state index contributed by atoms with van der Waals surface area (Å²) in [6.07, 6.45) is 11.9. The Kier molecular flexibility index (Phi) is 3.06. The van der Waals surface area contributed by atoms with E-state index in [0.29, 0.717) is 5.56 Å². The zero-order chi connectivity index (χ0) is 10.7. The Labute approximate surface area is 93.9 Å². The van der Waals surface area contributed by atoms with Crippen molar-refractivity contribution in [3.63, 3.8) is 0 Å². The molecular weight excluding hydrogens is 208 g/mol. The number of allylic oxidation sites excluding steroid dienone is 4. The minimum atomic E-state index is -0.241. The second kappa shape index (κ2) is 4.49. The molecular formula is C11H12N2OS. The van der Waals surface area contributed by atoms with Gasteiger partial charge < -0.3 is 0 Å². The molecule has 1 aromatic rings. The first-order valence-electron chi connectivity index (χ1n) is 4.87. The molecule has 0 saturated carbocycles. The second-order valence-electron chi connectivity index (χ2n) is 3.49. The molecule has 0 amide bonds. The number of thiol groups is 1. The third-order valence-corrected chi connectivity index (χ3v) is 2.55. The molecule has 4 heteroatoms. The molecule has 78 valence electrons. The molecule has 1 aliphatic rings. The second-order valence-corrected chi connectivity index (χ2v) is 3.90. The van der Waals surface area contributed by atoms with Crippen LogP contribution in [0.2, 0.25) is 0 Å². The third kappa shape index (κ3) is 2.59. The Bertz CT molecular complexity index is 432. The van der Waals surface area contributed by atoms with E-state index in [1.54, 1.807) is 17.1 Å². The first kappa shape index (κ1) is 10.2. The molecule has 0 radical (unpaired) electrons. The van der Waals surface area contributed by atoms with Gasteiger partial charge in [-0.05, 0) is 18.4 Å². The van der Waals surface area contributed by atoms with Crippen molar-refractivity contribution in [3.05, 3.63) is 41.8 Å². The molecule has 3 nitrogen and oxygen atoms in total. The summed E-state index contributed by atoms with van der Waals surface area (Å²) < 4.78 is 1.75. The van der Waals surface area contributed by atoms with Gasteiger partial charge in [-0.1, -0.05) is 18.2 Å². The molecule has 0 N–H and O–H groups in total. The number of hydrogen-bond donors (Lipinski definition) is 1. The Hall–Kier alpha value is -1.29. The third-order valence-electron chi connectivity index (χ3n) is 2.30. The summed E-state index contributed by atoms with van der Waals surface area (Å²) in [4.78, 5) is 10.9. The highest BCUT2D eigenvalue weighted by Crippen LogP contribution is 2.12. The summed E-state index contributed by atoms with van der Waals surface area (Å²) in [5.74, 6) is 0. The van der Waals surface area contributed by atoms with Crippen LogP contribution in [-0.2, 0) is 6.54 Å². The molecule has 15 heavy (non-hydrogen) atoms. The lowest BCUT2D eigenvalue weighted by Gasteiger charge is -2.06. The largest absolute Gasteiger partial charge is 0.282 e. The molecule has 0 aliphatic heterocycles. The zero-order valence-corrected chi connectivity index (χ0v) is 9.15. The fourth-order valence-corrected chi connectivity index (χ4v) is 1.65. The zero-order valence-electron chi connectivity index (χ0n) is 8.26. The molecule has 2 rings (SSSR count). The standard InChI is InChI=1S/C11H12N2OS/c14-11(15)10-6-12-13(8-10)7-9-4-2-1-3-5-9/h2,4-6,8H,1,3,7H2,(H,14,15). The maximum Gasteiger partial charge on any atom is 0.219 e. The highest BCUT2D eigenvalue weighted by Gasteiger charge is 2.05. The quantitative estimate of drug-likeness (QED) is 0.793. The van der Waals surface area contributed by atoms with Crippen LogP contribution in [-0.4, -0.2) is 14.9 Å². The lowest BCUT2D eigenvalue weighted by atomic mass is 10.1. The number of nitrogens with zero attached hydrogens (tertiary/aromatic N) is 2. The van der Waals surface area contributed by atoms with Crippen LogP contribution in [0.1, 0.15) is 23.2 Å². The van der Waals surface area contributed by atoms with Crippen LogP contribution in [0.5, 0.6) is 0 Å². The lowest BCUT2D eigenvalue weighted by molar-refractivity contribution is 0.109. The Morgan fingerprint density at radius 2 is 2.40 bits per heavy atom. The summed E-state index contributed by atoms with van der Waals surface area (Å²) >= 11 is 3.75. The summed E-state index contributed by atoms with van der Waals surface area (Å²) in [6.45, 7) is 0.720. The SMILES string of the molecule is O=C(S)c1cnn(CC2=CCCC=C2)c1. The van der Waals surface area contributed by atoms with Crippen LogP contribution in [0.4, 0.5) is 0 Å². The molecule has 1 aliphatic carbocycles. The summed E-state index contributed by atoms with van der Waals surface area (Å²) in [5, 5.41) is 3.86. The van der Waals surface area contributed by atoms with E-state index in [1.165, 1.54) is 5.57 Å². The average molecular weight is 220 g/mol. The van der Waals surface area contributed by atoms with Gasteiger partial charge >= 0.3 is 0 Å². The first-order chi connectivity index (χ1) is 7.25. The van der Waals surface area contributed by atoms with E-state index >= 15 is 0 Å². The van der Waals surface area contributed by atoms with Gasteiger partial charge in [-0.15, -0.1) is 12.6 Å². The molecule has 0 aromatic carbocycles. The predicted octanol–water partition coefficient (Wildman–Crippen LogP) is 2.23. The molecule has 1 aromatic heterocycles. The number of carbonyl (C=O) groups excluding carboxylic acids is 1. The Balaban J connectivity index is 2.07. The van der Waals surface area contributed by atoms with E-state index in [1.807, 2.05) is 0 Å². The van der Waals surface area contributed by atoms with Crippen LogP contribution >= 0.6 is 12.6 Å². The maximum atomic E-state index is 10.9. The van der Waals surface area contributed by atoms with Crippen molar-refractivity contribution >= 4 is 17.7 Å². The van der Waals surface area contributed by atoms with Gasteiger partial charge in [0.15, 0.2) is 0 Å². The van der Waals surface area contributed by atoms with E-state index in [4.69, 9.17) is 0 Å². The highest BCUT2D eigenvalue weighted by atomic mass is 32.1. The number of rotatable bonds is 3. The van der Waals surface area contributed by atoms with Crippen LogP contribution in [0, 0.1) is 0 Å². The van der Waals surface area contributed by atoms with E-state index in [0.717, 1.165) is 19.4 Å². The van der Waals surface area contributed by atoms with Gasteiger partial charge in [-0.3, -0.25) is 9.48 Å². The molecule has 1 heterocycles. The van der Waals surface area contributed by atoms with Crippen molar-refractivity contribution in [3.8, 4) is 0 Å². The van der Waals surface area contributed by atoms with Gasteiger partial charge in [0.25, 0.3) is 0 Å². The normalized spacial score (nSPS) is 15.1. The first-order valence-corrected chi connectivity index (χ1v) is 5.32. The van der Waals surface area contributed by atoms with Crippen molar-refractivity contribution in [2.75, 3.05) is 0 Å². The molecule has 0 bridgehead atoms. The molecule has 0 atom stereocenters. The topological polar surface area (TPSA) is 34.9 Å². The van der Waals surface area contributed by atoms with Crippen molar-refractivity contribution in [1.82, 2.24) is 9.78 Å². The fourth-order valence-electron chi connectivity index (χ4n) is 1.53. The monoisotopic (exact) mass is 220 g/mol. The van der Waals surface area contributed by atoms with E-state index in [-0.39, 0.29) is 5.12 Å². The van der Waals surface area contributed by atoms with Gasteiger partial charge in [-0.25, -0.2) is 0 Å². The lowest BCUT2D eigenvalue weighted by Crippen LogP contribution is -2.01. The van der Waals surface area contributed by atoms with Crippen LogP contribution < -0.4 is 0 Å². The predicted molar refractivity (Wildman–Crippen MR) is 62.0 cm³/mol. The Morgan fingerprint density at radius 3 is 3.00 bits per heavy atom. The molecule has 0 unspecified atom stereocenters. The minimum Gasteiger partial charge on any atom is -0.282 e. The minimum absolute atomic E-state index is 0.241. The van der Waals surface area contributed by atoms with E-state index < -0.39 is 0 Å². The smallest absolute Gasteiger partial charge is 0.219 e. The number of aromatic nitrogens is 2. The van der Waals surface area contributed by atoms with Gasteiger partial charge in [0, 0.05) is 6.20 Å². The summed E-state index contributed by atoms with van der Waals surface area (Å²) in [7, 11) is 0. The average Bonchev–Trinajstić information content (AvgIpc) is 2.68. The van der Waals surface area contributed by atoms with Gasteiger partial charge in [0.05, 0.1) is 18.3 Å². The summed E-state index contributed by atoms with van der Waals surface area (Å²) in [5.41, 5.74) is 1.78. The highest BCUT2D eigenvalue weighted by molar-refractivity contribution is 7.97. The van der Waals surface area contributed by atoms with Crippen molar-refractivity contribution in [2.45, 2.75) is 19.4 Å². The van der Waals surface area contributed by atoms with Gasteiger partial charge in [-0.2, -0.15) is 5.10 Å². The van der Waals surface area contributed by atoms with E-state index in [9.17, 15) is 4.79 Å². The molecule has 0 fully saturated rings. The summed E-state index contributed by atoms with van der Waals surface area (Å²) in [6, 6.07) is 0. The van der Waals surface area contributed by atoms with Crippen molar-refractivity contribution < 1.29 is 4.79 Å². The fraction of sp³-hybridized carbons (Fsp3) is 0.273. The van der Waals surface area contributed by atoms with Gasteiger partial charge in [0.2, 0.25) is 5.12 Å². The maximum absolute atomic E-state index is 10.9. The van der Waals surface area contributed by atoms with Crippen molar-refractivity contribution in [2.24, 2.45) is 0 Å². The van der Waals surface area contributed by atoms with Crippen LogP contribution in [0.3, 0.4) is 0 Å². The van der Waals surface area contributed by atoms with Gasteiger partial charge in [0.1, 0.15) is 0 Å². The molecule has 0 spiro atoms. The number of hydrogen-bond acceptors (Lipinski definition) is 2. The number of carbonyl (C=O) groups is 1.